The van der Waals surface area contributed by atoms with E-state index in [1.807, 2.05) is 0 Å². The third-order valence-corrected chi connectivity index (χ3v) is 3.09. The van der Waals surface area contributed by atoms with Gasteiger partial charge in [0.05, 0.1) is 16.9 Å². The van der Waals surface area contributed by atoms with Crippen LogP contribution in [0.3, 0.4) is 0 Å². The van der Waals surface area contributed by atoms with Gasteiger partial charge in [-0.05, 0) is 35.9 Å². The molecule has 0 spiro atoms. The summed E-state index contributed by atoms with van der Waals surface area (Å²) in [4.78, 5) is 12.6. The van der Waals surface area contributed by atoms with Gasteiger partial charge < -0.3 is 15.7 Å². The number of aromatic carboxylic acids is 1. The number of carboxylic acid groups (broad SMARTS) is 1. The SMILES string of the molecule is CN(Cc1ccc(F)c(F)c1)c1ccc(C(=O)O)cc1N. The summed E-state index contributed by atoms with van der Waals surface area (Å²) in [6.45, 7) is 0.313. The number of halogens is 2. The van der Waals surface area contributed by atoms with Gasteiger partial charge in [-0.2, -0.15) is 0 Å². The Balaban J connectivity index is 2.21. The predicted octanol–water partition coefficient (Wildman–Crippen LogP) is 2.88. The first-order valence-electron chi connectivity index (χ1n) is 6.16. The van der Waals surface area contributed by atoms with Crippen molar-refractivity contribution in [2.24, 2.45) is 0 Å². The first kappa shape index (κ1) is 14.8. The Morgan fingerprint density at radius 1 is 1.19 bits per heavy atom. The molecule has 0 amide bonds. The van der Waals surface area contributed by atoms with Gasteiger partial charge in [-0.1, -0.05) is 6.07 Å². The maximum absolute atomic E-state index is 13.2. The molecule has 0 aliphatic rings. The lowest BCUT2D eigenvalue weighted by Gasteiger charge is -2.21. The van der Waals surface area contributed by atoms with E-state index in [2.05, 4.69) is 0 Å². The van der Waals surface area contributed by atoms with Crippen LogP contribution in [0, 0.1) is 11.6 Å². The van der Waals surface area contributed by atoms with E-state index in [0.717, 1.165) is 12.1 Å². The summed E-state index contributed by atoms with van der Waals surface area (Å²) in [5.74, 6) is -2.86. The number of nitrogens with two attached hydrogens (primary N) is 1. The Bertz CT molecular complexity index is 689. The molecule has 0 aromatic heterocycles. The summed E-state index contributed by atoms with van der Waals surface area (Å²) in [6, 6.07) is 8.05. The van der Waals surface area contributed by atoms with Gasteiger partial charge in [0.15, 0.2) is 11.6 Å². The van der Waals surface area contributed by atoms with Crippen molar-refractivity contribution in [3.8, 4) is 0 Å². The number of nitrogens with zero attached hydrogens (tertiary/aromatic N) is 1. The number of rotatable bonds is 4. The fourth-order valence-corrected chi connectivity index (χ4v) is 2.03. The highest BCUT2D eigenvalue weighted by molar-refractivity contribution is 5.90. The van der Waals surface area contributed by atoms with E-state index >= 15 is 0 Å². The minimum Gasteiger partial charge on any atom is -0.478 e. The zero-order chi connectivity index (χ0) is 15.6. The van der Waals surface area contributed by atoms with Crippen molar-refractivity contribution in [1.82, 2.24) is 0 Å². The van der Waals surface area contributed by atoms with E-state index < -0.39 is 17.6 Å². The lowest BCUT2D eigenvalue weighted by molar-refractivity contribution is 0.0697. The third-order valence-electron chi connectivity index (χ3n) is 3.09. The van der Waals surface area contributed by atoms with Gasteiger partial charge in [0, 0.05) is 13.6 Å². The molecule has 2 rings (SSSR count). The van der Waals surface area contributed by atoms with Crippen LogP contribution in [0.2, 0.25) is 0 Å². The Labute approximate surface area is 120 Å². The van der Waals surface area contributed by atoms with Crippen LogP contribution in [-0.2, 0) is 6.54 Å². The number of hydrogen-bond donors (Lipinski definition) is 2. The van der Waals surface area contributed by atoms with Crippen LogP contribution >= 0.6 is 0 Å². The molecule has 0 radical (unpaired) electrons. The van der Waals surface area contributed by atoms with Crippen molar-refractivity contribution in [2.45, 2.75) is 6.54 Å². The lowest BCUT2D eigenvalue weighted by atomic mass is 10.1. The van der Waals surface area contributed by atoms with Crippen molar-refractivity contribution >= 4 is 17.3 Å². The first-order chi connectivity index (χ1) is 9.88. The Hall–Kier alpha value is -2.63. The average molecular weight is 292 g/mol. The fourth-order valence-electron chi connectivity index (χ4n) is 2.03. The molecule has 0 saturated heterocycles. The zero-order valence-corrected chi connectivity index (χ0v) is 11.3. The molecule has 6 heteroatoms. The van der Waals surface area contributed by atoms with Gasteiger partial charge in [0.2, 0.25) is 0 Å². The maximum atomic E-state index is 13.2. The number of anilines is 2. The highest BCUT2D eigenvalue weighted by Crippen LogP contribution is 2.25. The largest absolute Gasteiger partial charge is 0.478 e. The summed E-state index contributed by atoms with van der Waals surface area (Å²) in [7, 11) is 1.73. The van der Waals surface area contributed by atoms with E-state index in [1.165, 1.54) is 18.2 Å². The van der Waals surface area contributed by atoms with Crippen molar-refractivity contribution in [2.75, 3.05) is 17.7 Å². The maximum Gasteiger partial charge on any atom is 0.335 e. The molecular formula is C15H14F2N2O2. The number of hydrogen-bond acceptors (Lipinski definition) is 3. The zero-order valence-electron chi connectivity index (χ0n) is 11.3. The standard InChI is InChI=1S/C15H14F2N2O2/c1-19(8-9-2-4-11(16)12(17)6-9)14-5-3-10(15(20)21)7-13(14)18/h2-7H,8,18H2,1H3,(H,20,21). The summed E-state index contributed by atoms with van der Waals surface area (Å²) in [5.41, 5.74) is 7.43. The molecule has 0 aliphatic carbocycles. The van der Waals surface area contributed by atoms with E-state index in [1.54, 1.807) is 18.0 Å². The Morgan fingerprint density at radius 3 is 2.48 bits per heavy atom. The second-order valence-corrected chi connectivity index (χ2v) is 4.68. The van der Waals surface area contributed by atoms with E-state index in [0.29, 0.717) is 23.5 Å². The van der Waals surface area contributed by atoms with Crippen LogP contribution in [0.25, 0.3) is 0 Å². The van der Waals surface area contributed by atoms with Crippen LogP contribution in [0.15, 0.2) is 36.4 Å². The second kappa shape index (κ2) is 5.78. The number of carbonyl (C=O) groups is 1. The van der Waals surface area contributed by atoms with E-state index in [9.17, 15) is 13.6 Å². The number of carboxylic acids is 1. The Kier molecular flexibility index (Phi) is 4.07. The molecule has 2 aromatic rings. The summed E-state index contributed by atoms with van der Waals surface area (Å²) in [5, 5.41) is 8.88. The molecule has 0 heterocycles. The quantitative estimate of drug-likeness (QED) is 0.850. The second-order valence-electron chi connectivity index (χ2n) is 4.68. The highest BCUT2D eigenvalue weighted by Gasteiger charge is 2.11. The number of nitrogen functional groups attached to an aromatic ring is 1. The molecule has 21 heavy (non-hydrogen) atoms. The van der Waals surface area contributed by atoms with Crippen LogP contribution in [-0.4, -0.2) is 18.1 Å². The van der Waals surface area contributed by atoms with Crippen molar-refractivity contribution in [1.29, 1.82) is 0 Å². The molecule has 110 valence electrons. The fraction of sp³-hybridized carbons (Fsp3) is 0.133. The summed E-state index contributed by atoms with van der Waals surface area (Å²) >= 11 is 0. The molecule has 0 fully saturated rings. The minimum atomic E-state index is -1.06. The smallest absolute Gasteiger partial charge is 0.335 e. The van der Waals surface area contributed by atoms with Gasteiger partial charge in [-0.25, -0.2) is 13.6 Å². The molecule has 0 aliphatic heterocycles. The normalized spacial score (nSPS) is 10.4. The van der Waals surface area contributed by atoms with Crippen LogP contribution in [0.1, 0.15) is 15.9 Å². The molecule has 0 atom stereocenters. The third kappa shape index (κ3) is 3.28. The molecule has 2 aromatic carbocycles. The predicted molar refractivity (Wildman–Crippen MR) is 76.3 cm³/mol. The van der Waals surface area contributed by atoms with E-state index in [-0.39, 0.29) is 5.56 Å². The highest BCUT2D eigenvalue weighted by atomic mass is 19.2. The Morgan fingerprint density at radius 2 is 1.90 bits per heavy atom. The van der Waals surface area contributed by atoms with Crippen LogP contribution in [0.5, 0.6) is 0 Å². The molecule has 3 N–H and O–H groups in total. The van der Waals surface area contributed by atoms with Crippen molar-refractivity contribution in [3.05, 3.63) is 59.2 Å². The lowest BCUT2D eigenvalue weighted by Crippen LogP contribution is -2.18. The molecular weight excluding hydrogens is 278 g/mol. The average Bonchev–Trinajstić information content (AvgIpc) is 2.42. The van der Waals surface area contributed by atoms with Gasteiger partial charge in [0.25, 0.3) is 0 Å². The van der Waals surface area contributed by atoms with Crippen LogP contribution < -0.4 is 10.6 Å². The van der Waals surface area contributed by atoms with Gasteiger partial charge in [0.1, 0.15) is 0 Å². The number of benzene rings is 2. The van der Waals surface area contributed by atoms with Crippen molar-refractivity contribution < 1.29 is 18.7 Å². The van der Waals surface area contributed by atoms with E-state index in [4.69, 9.17) is 10.8 Å². The first-order valence-corrected chi connectivity index (χ1v) is 6.16. The van der Waals surface area contributed by atoms with Gasteiger partial charge >= 0.3 is 5.97 Å². The summed E-state index contributed by atoms with van der Waals surface area (Å²) in [6.07, 6.45) is 0. The molecule has 0 bridgehead atoms. The monoisotopic (exact) mass is 292 g/mol. The molecule has 0 unspecified atom stereocenters. The topological polar surface area (TPSA) is 66.6 Å². The molecule has 0 saturated carbocycles. The van der Waals surface area contributed by atoms with Gasteiger partial charge in [-0.15, -0.1) is 0 Å². The van der Waals surface area contributed by atoms with Crippen LogP contribution in [0.4, 0.5) is 20.2 Å². The minimum absolute atomic E-state index is 0.0949. The van der Waals surface area contributed by atoms with Gasteiger partial charge in [-0.3, -0.25) is 0 Å². The summed E-state index contributed by atoms with van der Waals surface area (Å²) < 4.78 is 26.0. The molecule has 4 nitrogen and oxygen atoms in total. The van der Waals surface area contributed by atoms with Crippen molar-refractivity contribution in [3.63, 3.8) is 0 Å².